The number of ether oxygens (including phenoxy) is 1. The van der Waals surface area contributed by atoms with Crippen LogP contribution in [0, 0.1) is 5.92 Å². The van der Waals surface area contributed by atoms with Crippen LogP contribution in [0.15, 0.2) is 22.8 Å². The summed E-state index contributed by atoms with van der Waals surface area (Å²) < 4.78 is 4.94. The van der Waals surface area contributed by atoms with Gasteiger partial charge in [0.15, 0.2) is 0 Å². The number of primary amides is 1. The van der Waals surface area contributed by atoms with Crippen LogP contribution in [0.1, 0.15) is 26.7 Å². The molecule has 96 valence electrons. The van der Waals surface area contributed by atoms with Gasteiger partial charge in [0.05, 0.1) is 0 Å². The van der Waals surface area contributed by atoms with Crippen LogP contribution < -0.4 is 5.73 Å². The van der Waals surface area contributed by atoms with Gasteiger partial charge in [-0.3, -0.25) is 0 Å². The molecular formula is C12H18ClNO3. The van der Waals surface area contributed by atoms with E-state index in [9.17, 15) is 9.90 Å². The molecule has 0 aromatic carbocycles. The summed E-state index contributed by atoms with van der Waals surface area (Å²) in [6.07, 6.45) is 2.76. The number of aliphatic hydroxyl groups excluding tert-OH is 1. The van der Waals surface area contributed by atoms with E-state index in [0.29, 0.717) is 17.0 Å². The molecule has 1 aliphatic carbocycles. The van der Waals surface area contributed by atoms with Crippen LogP contribution >= 0.6 is 11.6 Å². The van der Waals surface area contributed by atoms with Gasteiger partial charge < -0.3 is 15.6 Å². The predicted molar refractivity (Wildman–Crippen MR) is 66.6 cm³/mol. The van der Waals surface area contributed by atoms with Crippen LogP contribution in [0.4, 0.5) is 4.79 Å². The van der Waals surface area contributed by atoms with E-state index in [0.717, 1.165) is 6.42 Å². The molecule has 0 aromatic heterocycles. The van der Waals surface area contributed by atoms with Gasteiger partial charge in [0.2, 0.25) is 0 Å². The number of rotatable bonds is 4. The Kier molecular flexibility index (Phi) is 5.02. The summed E-state index contributed by atoms with van der Waals surface area (Å²) in [5, 5.41) is 10.8. The quantitative estimate of drug-likeness (QED) is 0.814. The Bertz CT molecular complexity index is 350. The lowest BCUT2D eigenvalue weighted by Gasteiger charge is -2.27. The second-order valence-corrected chi connectivity index (χ2v) is 4.85. The van der Waals surface area contributed by atoms with E-state index in [1.54, 1.807) is 6.08 Å². The zero-order valence-electron chi connectivity index (χ0n) is 10.0. The molecule has 0 fully saturated rings. The van der Waals surface area contributed by atoms with Gasteiger partial charge in [0.1, 0.15) is 12.2 Å². The zero-order chi connectivity index (χ0) is 13.0. The normalized spacial score (nSPS) is 19.4. The molecule has 3 N–H and O–H groups in total. The van der Waals surface area contributed by atoms with E-state index in [2.05, 4.69) is 0 Å². The molecule has 0 saturated heterocycles. The smallest absolute Gasteiger partial charge is 0.404 e. The monoisotopic (exact) mass is 259 g/mol. The molecule has 0 spiro atoms. The largest absolute Gasteiger partial charge is 0.443 e. The van der Waals surface area contributed by atoms with E-state index in [1.807, 2.05) is 19.9 Å². The molecule has 0 aromatic rings. The van der Waals surface area contributed by atoms with Crippen molar-refractivity contribution < 1.29 is 14.6 Å². The third-order valence-corrected chi connectivity index (χ3v) is 3.09. The molecule has 4 nitrogen and oxygen atoms in total. The van der Waals surface area contributed by atoms with E-state index in [-0.39, 0.29) is 5.92 Å². The van der Waals surface area contributed by atoms with Crippen LogP contribution in [-0.2, 0) is 4.74 Å². The molecule has 0 aliphatic heterocycles. The van der Waals surface area contributed by atoms with Crippen molar-refractivity contribution in [1.82, 2.24) is 0 Å². The second-order valence-electron chi connectivity index (χ2n) is 4.39. The maximum Gasteiger partial charge on any atom is 0.404 e. The van der Waals surface area contributed by atoms with E-state index < -0.39 is 18.3 Å². The summed E-state index contributed by atoms with van der Waals surface area (Å²) in [7, 11) is 0. The minimum absolute atomic E-state index is 0.0511. The maximum atomic E-state index is 10.8. The van der Waals surface area contributed by atoms with E-state index >= 15 is 0 Å². The highest BCUT2D eigenvalue weighted by atomic mass is 35.5. The van der Waals surface area contributed by atoms with Crippen molar-refractivity contribution in [2.24, 2.45) is 11.7 Å². The second kappa shape index (κ2) is 6.07. The Morgan fingerprint density at radius 3 is 2.71 bits per heavy atom. The molecular weight excluding hydrogens is 242 g/mol. The first-order valence-corrected chi connectivity index (χ1v) is 6.00. The highest BCUT2D eigenvalue weighted by Crippen LogP contribution is 2.28. The highest BCUT2D eigenvalue weighted by Gasteiger charge is 2.29. The van der Waals surface area contributed by atoms with Gasteiger partial charge in [0, 0.05) is 5.03 Å². The Morgan fingerprint density at radius 1 is 1.59 bits per heavy atom. The van der Waals surface area contributed by atoms with Crippen LogP contribution in [0.5, 0.6) is 0 Å². The molecule has 1 aliphatic rings. The number of halogens is 1. The van der Waals surface area contributed by atoms with Crippen molar-refractivity contribution in [2.75, 3.05) is 0 Å². The standard InChI is InChI=1S/C12H18ClNO3/c1-7(2)11(17-12(14)16)10(15)8-5-3-4-6-9(8)13/h3,5,7,10-11,15H,4,6H2,1-2H3,(H2,14,16)/t10-,11-/m1/s1. The molecule has 1 rings (SSSR count). The number of carbonyl (C=O) groups excluding carboxylic acids is 1. The van der Waals surface area contributed by atoms with Crippen molar-refractivity contribution in [2.45, 2.75) is 38.9 Å². The van der Waals surface area contributed by atoms with Crippen molar-refractivity contribution in [3.05, 3.63) is 22.8 Å². The van der Waals surface area contributed by atoms with Crippen LogP contribution in [0.3, 0.4) is 0 Å². The van der Waals surface area contributed by atoms with Crippen LogP contribution in [-0.4, -0.2) is 23.4 Å². The van der Waals surface area contributed by atoms with Gasteiger partial charge in [0.25, 0.3) is 0 Å². The lowest BCUT2D eigenvalue weighted by atomic mass is 9.92. The topological polar surface area (TPSA) is 72.5 Å². The Hall–Kier alpha value is -1.00. The lowest BCUT2D eigenvalue weighted by Crippen LogP contribution is -2.38. The SMILES string of the molecule is CC(C)[C@@H](OC(N)=O)[C@H](O)C1=C(Cl)CCC=C1. The number of aliphatic hydroxyl groups is 1. The summed E-state index contributed by atoms with van der Waals surface area (Å²) in [4.78, 5) is 10.8. The van der Waals surface area contributed by atoms with E-state index in [4.69, 9.17) is 22.1 Å². The molecule has 0 saturated carbocycles. The molecule has 17 heavy (non-hydrogen) atoms. The fraction of sp³-hybridized carbons (Fsp3) is 0.583. The zero-order valence-corrected chi connectivity index (χ0v) is 10.8. The fourth-order valence-electron chi connectivity index (χ4n) is 1.79. The summed E-state index contributed by atoms with van der Waals surface area (Å²) in [6, 6.07) is 0. The minimum atomic E-state index is -0.938. The summed E-state index contributed by atoms with van der Waals surface area (Å²) in [6.45, 7) is 3.69. The van der Waals surface area contributed by atoms with E-state index in [1.165, 1.54) is 0 Å². The predicted octanol–water partition coefficient (Wildman–Crippen LogP) is 2.31. The lowest BCUT2D eigenvalue weighted by molar-refractivity contribution is -0.0000816. The first kappa shape index (κ1) is 14.1. The number of allylic oxidation sites excluding steroid dienone is 2. The number of hydrogen-bond acceptors (Lipinski definition) is 3. The molecule has 0 heterocycles. The molecule has 1 amide bonds. The van der Waals surface area contributed by atoms with Crippen LogP contribution in [0.25, 0.3) is 0 Å². The summed E-state index contributed by atoms with van der Waals surface area (Å²) in [5.41, 5.74) is 5.60. The number of hydrogen-bond donors (Lipinski definition) is 2. The average molecular weight is 260 g/mol. The molecule has 0 unspecified atom stereocenters. The van der Waals surface area contributed by atoms with Gasteiger partial charge in [-0.15, -0.1) is 0 Å². The van der Waals surface area contributed by atoms with Crippen molar-refractivity contribution >= 4 is 17.7 Å². The maximum absolute atomic E-state index is 10.8. The molecule has 0 bridgehead atoms. The van der Waals surface area contributed by atoms with Gasteiger partial charge in [-0.1, -0.05) is 37.6 Å². The first-order valence-electron chi connectivity index (χ1n) is 5.62. The Labute approximate surface area is 106 Å². The highest BCUT2D eigenvalue weighted by molar-refractivity contribution is 6.30. The van der Waals surface area contributed by atoms with Gasteiger partial charge in [-0.2, -0.15) is 0 Å². The average Bonchev–Trinajstić information content (AvgIpc) is 2.25. The fourth-order valence-corrected chi connectivity index (χ4v) is 2.07. The molecule has 2 atom stereocenters. The van der Waals surface area contributed by atoms with Crippen LogP contribution in [0.2, 0.25) is 0 Å². The van der Waals surface area contributed by atoms with Gasteiger partial charge >= 0.3 is 6.09 Å². The van der Waals surface area contributed by atoms with Crippen molar-refractivity contribution in [3.8, 4) is 0 Å². The Balaban J connectivity index is 2.87. The molecule has 0 radical (unpaired) electrons. The summed E-state index contributed by atoms with van der Waals surface area (Å²) >= 11 is 6.06. The van der Waals surface area contributed by atoms with Crippen molar-refractivity contribution in [1.29, 1.82) is 0 Å². The van der Waals surface area contributed by atoms with Crippen molar-refractivity contribution in [3.63, 3.8) is 0 Å². The summed E-state index contributed by atoms with van der Waals surface area (Å²) in [5.74, 6) is -0.0511. The van der Waals surface area contributed by atoms with Gasteiger partial charge in [-0.05, 0) is 24.3 Å². The Morgan fingerprint density at radius 2 is 2.24 bits per heavy atom. The number of amides is 1. The molecule has 5 heteroatoms. The third-order valence-electron chi connectivity index (χ3n) is 2.68. The first-order chi connectivity index (χ1) is 7.93. The number of nitrogens with two attached hydrogens (primary N) is 1. The van der Waals surface area contributed by atoms with Gasteiger partial charge in [-0.25, -0.2) is 4.79 Å². The number of carbonyl (C=O) groups is 1. The third kappa shape index (κ3) is 3.75. The minimum Gasteiger partial charge on any atom is -0.443 e.